The average Bonchev–Trinajstić information content (AvgIpc) is 2.81. The molecule has 1 aromatic rings. The molecule has 0 saturated carbocycles. The Bertz CT molecular complexity index is 764. The highest BCUT2D eigenvalue weighted by Gasteiger charge is 2.28. The second kappa shape index (κ2) is 12.4. The topological polar surface area (TPSA) is 62.3 Å². The maximum absolute atomic E-state index is 12.4. The Kier molecular flexibility index (Phi) is 9.63. The number of ether oxygens (including phenoxy) is 2. The van der Waals surface area contributed by atoms with E-state index < -0.39 is 5.60 Å². The van der Waals surface area contributed by atoms with Crippen molar-refractivity contribution in [2.45, 2.75) is 65.1 Å². The van der Waals surface area contributed by atoms with Crippen LogP contribution >= 0.6 is 0 Å². The highest BCUT2D eigenvalue weighted by molar-refractivity contribution is 5.68. The number of amides is 2. The van der Waals surface area contributed by atoms with E-state index >= 15 is 0 Å². The zero-order valence-corrected chi connectivity index (χ0v) is 21.5. The third kappa shape index (κ3) is 8.82. The molecule has 2 amide bonds. The molecule has 7 heteroatoms. The van der Waals surface area contributed by atoms with Gasteiger partial charge in [-0.25, -0.2) is 9.59 Å². The summed E-state index contributed by atoms with van der Waals surface area (Å²) in [4.78, 5) is 30.7. The maximum Gasteiger partial charge on any atom is 0.410 e. The van der Waals surface area contributed by atoms with Gasteiger partial charge in [-0.05, 0) is 83.9 Å². The summed E-state index contributed by atoms with van der Waals surface area (Å²) in [5, 5.41) is 0. The Morgan fingerprint density at radius 3 is 2.06 bits per heavy atom. The number of benzene rings is 1. The molecule has 0 aromatic heterocycles. The number of piperidine rings is 2. The standard InChI is InChI=1S/C27H43N3O4/c1-27(2,3)34-26(32)30-18-13-23(14-19-30)20-28(4)15-10-22-11-16-29(17-12-22)25(31)33-21-24-8-6-5-7-9-24/h5-9,22-23H,10-21H2,1-4H3. The molecule has 0 bridgehead atoms. The minimum atomic E-state index is -0.438. The SMILES string of the molecule is CN(CCC1CCN(C(=O)OCc2ccccc2)CC1)CC1CCN(C(=O)OC(C)(C)C)CC1. The fourth-order valence-corrected chi connectivity index (χ4v) is 4.77. The zero-order valence-electron chi connectivity index (χ0n) is 21.5. The number of likely N-dealkylation sites (tertiary alicyclic amines) is 2. The lowest BCUT2D eigenvalue weighted by molar-refractivity contribution is 0.0171. The van der Waals surface area contributed by atoms with E-state index in [0.717, 1.165) is 70.5 Å². The van der Waals surface area contributed by atoms with Gasteiger partial charge in [0.15, 0.2) is 0 Å². The lowest BCUT2D eigenvalue weighted by atomic mass is 9.93. The van der Waals surface area contributed by atoms with Gasteiger partial charge in [-0.3, -0.25) is 0 Å². The van der Waals surface area contributed by atoms with E-state index in [-0.39, 0.29) is 12.2 Å². The van der Waals surface area contributed by atoms with E-state index in [1.165, 1.54) is 6.42 Å². The van der Waals surface area contributed by atoms with Gasteiger partial charge in [0, 0.05) is 32.7 Å². The molecule has 0 atom stereocenters. The maximum atomic E-state index is 12.4. The van der Waals surface area contributed by atoms with Gasteiger partial charge in [0.1, 0.15) is 12.2 Å². The molecule has 1 aromatic carbocycles. The van der Waals surface area contributed by atoms with Crippen molar-refractivity contribution < 1.29 is 19.1 Å². The molecule has 7 nitrogen and oxygen atoms in total. The van der Waals surface area contributed by atoms with Crippen molar-refractivity contribution >= 4 is 12.2 Å². The van der Waals surface area contributed by atoms with Crippen LogP contribution in [0.25, 0.3) is 0 Å². The van der Waals surface area contributed by atoms with Gasteiger partial charge < -0.3 is 24.2 Å². The van der Waals surface area contributed by atoms with Gasteiger partial charge in [-0.2, -0.15) is 0 Å². The van der Waals surface area contributed by atoms with E-state index in [2.05, 4.69) is 11.9 Å². The van der Waals surface area contributed by atoms with Crippen LogP contribution in [0.5, 0.6) is 0 Å². The molecule has 34 heavy (non-hydrogen) atoms. The first-order chi connectivity index (χ1) is 16.2. The fraction of sp³-hybridized carbons (Fsp3) is 0.704. The third-order valence-corrected chi connectivity index (χ3v) is 6.83. The lowest BCUT2D eigenvalue weighted by Crippen LogP contribution is -2.43. The molecule has 190 valence electrons. The van der Waals surface area contributed by atoms with Crippen LogP contribution in [-0.4, -0.2) is 78.8 Å². The van der Waals surface area contributed by atoms with Crippen molar-refractivity contribution in [3.05, 3.63) is 35.9 Å². The highest BCUT2D eigenvalue weighted by Crippen LogP contribution is 2.23. The van der Waals surface area contributed by atoms with Crippen molar-refractivity contribution in [1.29, 1.82) is 0 Å². The van der Waals surface area contributed by atoms with Crippen molar-refractivity contribution in [3.63, 3.8) is 0 Å². The molecule has 0 N–H and O–H groups in total. The molecule has 2 aliphatic rings. The number of rotatable bonds is 7. The first-order valence-electron chi connectivity index (χ1n) is 12.8. The largest absolute Gasteiger partial charge is 0.445 e. The van der Waals surface area contributed by atoms with E-state index in [1.807, 2.05) is 60.9 Å². The first kappa shape index (κ1) is 26.3. The number of hydrogen-bond acceptors (Lipinski definition) is 5. The van der Waals surface area contributed by atoms with Crippen LogP contribution in [0.3, 0.4) is 0 Å². The summed E-state index contributed by atoms with van der Waals surface area (Å²) in [5.74, 6) is 1.29. The number of carbonyl (C=O) groups is 2. The fourth-order valence-electron chi connectivity index (χ4n) is 4.77. The quantitative estimate of drug-likeness (QED) is 0.557. The smallest absolute Gasteiger partial charge is 0.410 e. The molecule has 2 saturated heterocycles. The van der Waals surface area contributed by atoms with Gasteiger partial charge in [0.05, 0.1) is 0 Å². The Labute approximate surface area is 205 Å². The van der Waals surface area contributed by atoms with Gasteiger partial charge in [-0.15, -0.1) is 0 Å². The van der Waals surface area contributed by atoms with Crippen LogP contribution in [0.2, 0.25) is 0 Å². The van der Waals surface area contributed by atoms with Crippen LogP contribution in [0, 0.1) is 11.8 Å². The van der Waals surface area contributed by atoms with Gasteiger partial charge >= 0.3 is 12.2 Å². The third-order valence-electron chi connectivity index (χ3n) is 6.83. The second-order valence-electron chi connectivity index (χ2n) is 10.9. The van der Waals surface area contributed by atoms with Crippen LogP contribution in [0.4, 0.5) is 9.59 Å². The van der Waals surface area contributed by atoms with Gasteiger partial charge in [0.25, 0.3) is 0 Å². The summed E-state index contributed by atoms with van der Waals surface area (Å²) in [6, 6.07) is 9.82. The predicted molar refractivity (Wildman–Crippen MR) is 134 cm³/mol. The Hall–Kier alpha value is -2.28. The van der Waals surface area contributed by atoms with E-state index in [0.29, 0.717) is 18.4 Å². The Balaban J connectivity index is 1.27. The Morgan fingerprint density at radius 1 is 0.912 bits per heavy atom. The molecule has 0 aliphatic carbocycles. The monoisotopic (exact) mass is 473 g/mol. The molecule has 0 radical (unpaired) electrons. The molecular weight excluding hydrogens is 430 g/mol. The summed E-state index contributed by atoms with van der Waals surface area (Å²) >= 11 is 0. The van der Waals surface area contributed by atoms with E-state index in [9.17, 15) is 9.59 Å². The minimum Gasteiger partial charge on any atom is -0.445 e. The summed E-state index contributed by atoms with van der Waals surface area (Å²) in [6.45, 7) is 11.4. The van der Waals surface area contributed by atoms with Crippen molar-refractivity contribution in [2.24, 2.45) is 11.8 Å². The molecule has 0 spiro atoms. The van der Waals surface area contributed by atoms with Crippen LogP contribution in [-0.2, 0) is 16.1 Å². The highest BCUT2D eigenvalue weighted by atomic mass is 16.6. The summed E-state index contributed by atoms with van der Waals surface area (Å²) in [7, 11) is 2.20. The van der Waals surface area contributed by atoms with Gasteiger partial charge in [0.2, 0.25) is 0 Å². The summed E-state index contributed by atoms with van der Waals surface area (Å²) in [5.41, 5.74) is 0.580. The van der Waals surface area contributed by atoms with E-state index in [1.54, 1.807) is 0 Å². The number of nitrogens with zero attached hydrogens (tertiary/aromatic N) is 3. The minimum absolute atomic E-state index is 0.186. The van der Waals surface area contributed by atoms with Crippen LogP contribution in [0.1, 0.15) is 58.4 Å². The lowest BCUT2D eigenvalue weighted by Gasteiger charge is -2.35. The molecule has 2 fully saturated rings. The van der Waals surface area contributed by atoms with Crippen molar-refractivity contribution in [1.82, 2.24) is 14.7 Å². The molecule has 3 rings (SSSR count). The summed E-state index contributed by atoms with van der Waals surface area (Å²) < 4.78 is 11.0. The molecule has 0 unspecified atom stereocenters. The van der Waals surface area contributed by atoms with Crippen molar-refractivity contribution in [2.75, 3.05) is 46.3 Å². The first-order valence-corrected chi connectivity index (χ1v) is 12.8. The zero-order chi connectivity index (χ0) is 24.6. The number of hydrogen-bond donors (Lipinski definition) is 0. The van der Waals surface area contributed by atoms with Crippen LogP contribution in [0.15, 0.2) is 30.3 Å². The van der Waals surface area contributed by atoms with Crippen LogP contribution < -0.4 is 0 Å². The predicted octanol–water partition coefficient (Wildman–Crippen LogP) is 5.00. The van der Waals surface area contributed by atoms with Crippen molar-refractivity contribution in [3.8, 4) is 0 Å². The Morgan fingerprint density at radius 2 is 1.47 bits per heavy atom. The second-order valence-corrected chi connectivity index (χ2v) is 10.9. The number of carbonyl (C=O) groups excluding carboxylic acids is 2. The van der Waals surface area contributed by atoms with E-state index in [4.69, 9.17) is 9.47 Å². The average molecular weight is 474 g/mol. The van der Waals surface area contributed by atoms with Gasteiger partial charge in [-0.1, -0.05) is 30.3 Å². The summed E-state index contributed by atoms with van der Waals surface area (Å²) in [6.07, 6.45) is 4.94. The molecular formula is C27H43N3O4. The molecule has 2 aliphatic heterocycles. The normalized spacial score (nSPS) is 18.3. The molecule has 2 heterocycles.